The number of likely N-dealkylation sites (tertiary alicyclic amines) is 1. The highest BCUT2D eigenvalue weighted by Gasteiger charge is 2.28. The van der Waals surface area contributed by atoms with Crippen molar-refractivity contribution in [3.63, 3.8) is 0 Å². The average molecular weight is 281 g/mol. The number of rotatable bonds is 4. The van der Waals surface area contributed by atoms with E-state index in [1.807, 2.05) is 0 Å². The van der Waals surface area contributed by atoms with Crippen LogP contribution in [0.15, 0.2) is 0 Å². The third kappa shape index (κ3) is 4.19. The Morgan fingerprint density at radius 1 is 0.900 bits per heavy atom. The topological polar surface area (TPSA) is 9.72 Å². The molecule has 0 aliphatic carbocycles. The van der Waals surface area contributed by atoms with Crippen molar-refractivity contribution in [2.24, 2.45) is 5.92 Å². The van der Waals surface area contributed by atoms with Crippen LogP contribution < -0.4 is 0 Å². The lowest BCUT2D eigenvalue weighted by atomic mass is 9.95. The van der Waals surface area contributed by atoms with Gasteiger partial charge in [-0.1, -0.05) is 0 Å². The third-order valence-corrected chi connectivity index (χ3v) is 5.32. The fraction of sp³-hybridized carbons (Fsp3) is 1.00. The van der Waals surface area contributed by atoms with Crippen molar-refractivity contribution in [2.45, 2.75) is 65.6 Å². The molecule has 0 N–H and O–H groups in total. The summed E-state index contributed by atoms with van der Waals surface area (Å²) in [6, 6.07) is 2.14. The molecule has 0 aromatic carbocycles. The smallest absolute Gasteiger partial charge is 0.0198 e. The summed E-state index contributed by atoms with van der Waals surface area (Å²) in [4.78, 5) is 8.01. The molecular formula is C17H35N3. The molecule has 2 aliphatic rings. The van der Waals surface area contributed by atoms with Gasteiger partial charge in [0, 0.05) is 44.3 Å². The molecule has 0 amide bonds. The molecule has 0 bridgehead atoms. The molecule has 1 unspecified atom stereocenters. The highest BCUT2D eigenvalue weighted by atomic mass is 15.3. The lowest BCUT2D eigenvalue weighted by Crippen LogP contribution is -2.55. The van der Waals surface area contributed by atoms with Crippen LogP contribution in [0, 0.1) is 5.92 Å². The summed E-state index contributed by atoms with van der Waals surface area (Å²) in [5, 5.41) is 0. The minimum Gasteiger partial charge on any atom is -0.301 e. The summed E-state index contributed by atoms with van der Waals surface area (Å²) < 4.78 is 0. The van der Waals surface area contributed by atoms with Crippen LogP contribution in [0.25, 0.3) is 0 Å². The Balaban J connectivity index is 1.73. The molecule has 2 saturated heterocycles. The number of hydrogen-bond donors (Lipinski definition) is 0. The second-order valence-corrected chi connectivity index (χ2v) is 7.51. The van der Waals surface area contributed by atoms with E-state index in [2.05, 4.69) is 49.3 Å². The second kappa shape index (κ2) is 7.24. The summed E-state index contributed by atoms with van der Waals surface area (Å²) in [5.41, 5.74) is 0. The zero-order valence-corrected chi connectivity index (χ0v) is 14.3. The van der Waals surface area contributed by atoms with Crippen molar-refractivity contribution >= 4 is 0 Å². The number of nitrogens with zero attached hydrogens (tertiary/aromatic N) is 3. The van der Waals surface area contributed by atoms with Crippen LogP contribution in [-0.4, -0.2) is 72.1 Å². The molecule has 0 aromatic rings. The molecule has 1 atom stereocenters. The maximum absolute atomic E-state index is 2.72. The predicted molar refractivity (Wildman–Crippen MR) is 87.2 cm³/mol. The van der Waals surface area contributed by atoms with Crippen molar-refractivity contribution in [1.29, 1.82) is 0 Å². The highest BCUT2D eigenvalue weighted by molar-refractivity contribution is 4.84. The first-order chi connectivity index (χ1) is 9.47. The van der Waals surface area contributed by atoms with E-state index in [1.165, 1.54) is 52.1 Å². The zero-order valence-electron chi connectivity index (χ0n) is 14.3. The molecular weight excluding hydrogens is 246 g/mol. The van der Waals surface area contributed by atoms with Gasteiger partial charge in [-0.3, -0.25) is 4.90 Å². The standard InChI is InChI=1S/C17H35N3/c1-14(2)19-8-6-17(7-9-19)13-18-10-11-20(15(3)4)16(5)12-18/h14-17H,6-13H2,1-5H3. The summed E-state index contributed by atoms with van der Waals surface area (Å²) in [6.07, 6.45) is 2.80. The molecule has 2 rings (SSSR count). The third-order valence-electron chi connectivity index (χ3n) is 5.32. The summed E-state index contributed by atoms with van der Waals surface area (Å²) in [6.45, 7) is 19.4. The Hall–Kier alpha value is -0.120. The maximum Gasteiger partial charge on any atom is 0.0198 e. The molecule has 0 spiro atoms. The predicted octanol–water partition coefficient (Wildman–Crippen LogP) is 2.52. The first-order valence-electron chi connectivity index (χ1n) is 8.69. The fourth-order valence-electron chi connectivity index (χ4n) is 4.00. The first-order valence-corrected chi connectivity index (χ1v) is 8.69. The van der Waals surface area contributed by atoms with Crippen LogP contribution in [0.5, 0.6) is 0 Å². The van der Waals surface area contributed by atoms with Crippen LogP contribution in [0.3, 0.4) is 0 Å². The quantitative estimate of drug-likeness (QED) is 0.784. The monoisotopic (exact) mass is 281 g/mol. The first kappa shape index (κ1) is 16.3. The Morgan fingerprint density at radius 2 is 1.55 bits per heavy atom. The number of piperazine rings is 1. The minimum absolute atomic E-state index is 0.696. The average Bonchev–Trinajstić information content (AvgIpc) is 2.39. The van der Waals surface area contributed by atoms with Crippen LogP contribution in [-0.2, 0) is 0 Å². The molecule has 0 aromatic heterocycles. The molecule has 2 aliphatic heterocycles. The Labute approximate surface area is 126 Å². The molecule has 118 valence electrons. The van der Waals surface area contributed by atoms with Gasteiger partial charge in [0.1, 0.15) is 0 Å². The van der Waals surface area contributed by atoms with Gasteiger partial charge in [0.2, 0.25) is 0 Å². The van der Waals surface area contributed by atoms with Crippen LogP contribution in [0.1, 0.15) is 47.5 Å². The van der Waals surface area contributed by atoms with E-state index in [9.17, 15) is 0 Å². The van der Waals surface area contributed by atoms with Crippen LogP contribution >= 0.6 is 0 Å². The van der Waals surface area contributed by atoms with E-state index in [1.54, 1.807) is 0 Å². The molecule has 20 heavy (non-hydrogen) atoms. The van der Waals surface area contributed by atoms with E-state index in [-0.39, 0.29) is 0 Å². The largest absolute Gasteiger partial charge is 0.301 e. The van der Waals surface area contributed by atoms with E-state index < -0.39 is 0 Å². The molecule has 3 nitrogen and oxygen atoms in total. The molecule has 0 saturated carbocycles. The molecule has 3 heteroatoms. The van der Waals surface area contributed by atoms with Crippen molar-refractivity contribution < 1.29 is 0 Å². The number of hydrogen-bond acceptors (Lipinski definition) is 3. The van der Waals surface area contributed by atoms with Gasteiger partial charge in [-0.05, 0) is 66.5 Å². The van der Waals surface area contributed by atoms with Crippen molar-refractivity contribution in [3.8, 4) is 0 Å². The summed E-state index contributed by atoms with van der Waals surface area (Å²) in [5.74, 6) is 0.933. The van der Waals surface area contributed by atoms with Crippen molar-refractivity contribution in [3.05, 3.63) is 0 Å². The Morgan fingerprint density at radius 3 is 2.05 bits per heavy atom. The SMILES string of the molecule is CC(C)N1CCC(CN2CCN(C(C)C)C(C)C2)CC1. The Bertz CT molecular complexity index is 282. The van der Waals surface area contributed by atoms with Gasteiger partial charge in [-0.15, -0.1) is 0 Å². The van der Waals surface area contributed by atoms with Crippen molar-refractivity contribution in [1.82, 2.24) is 14.7 Å². The van der Waals surface area contributed by atoms with Crippen LogP contribution in [0.2, 0.25) is 0 Å². The lowest BCUT2D eigenvalue weighted by molar-refractivity contribution is 0.0417. The van der Waals surface area contributed by atoms with Gasteiger partial charge in [0.15, 0.2) is 0 Å². The maximum atomic E-state index is 2.72. The van der Waals surface area contributed by atoms with E-state index in [0.717, 1.165) is 18.0 Å². The van der Waals surface area contributed by atoms with E-state index in [0.29, 0.717) is 6.04 Å². The summed E-state index contributed by atoms with van der Waals surface area (Å²) in [7, 11) is 0. The molecule has 0 radical (unpaired) electrons. The van der Waals surface area contributed by atoms with Gasteiger partial charge in [0.25, 0.3) is 0 Å². The normalized spacial score (nSPS) is 28.6. The second-order valence-electron chi connectivity index (χ2n) is 7.51. The van der Waals surface area contributed by atoms with Gasteiger partial charge >= 0.3 is 0 Å². The zero-order chi connectivity index (χ0) is 14.7. The van der Waals surface area contributed by atoms with Gasteiger partial charge in [-0.2, -0.15) is 0 Å². The van der Waals surface area contributed by atoms with E-state index >= 15 is 0 Å². The molecule has 2 fully saturated rings. The van der Waals surface area contributed by atoms with Crippen LogP contribution in [0.4, 0.5) is 0 Å². The lowest BCUT2D eigenvalue weighted by Gasteiger charge is -2.44. The minimum atomic E-state index is 0.696. The number of piperidine rings is 1. The van der Waals surface area contributed by atoms with Gasteiger partial charge in [-0.25, -0.2) is 0 Å². The van der Waals surface area contributed by atoms with Gasteiger partial charge in [0.05, 0.1) is 0 Å². The van der Waals surface area contributed by atoms with Crippen molar-refractivity contribution in [2.75, 3.05) is 39.3 Å². The van der Waals surface area contributed by atoms with E-state index in [4.69, 9.17) is 0 Å². The highest BCUT2D eigenvalue weighted by Crippen LogP contribution is 2.22. The fourth-order valence-corrected chi connectivity index (χ4v) is 4.00. The Kier molecular flexibility index (Phi) is 5.88. The molecule has 2 heterocycles. The van der Waals surface area contributed by atoms with Gasteiger partial charge < -0.3 is 9.80 Å². The summed E-state index contributed by atoms with van der Waals surface area (Å²) >= 11 is 0.